The predicted octanol–water partition coefficient (Wildman–Crippen LogP) is -1.91. The first kappa shape index (κ1) is 23.0. The van der Waals surface area contributed by atoms with Crippen molar-refractivity contribution in [1.82, 2.24) is 0 Å². The average molecular weight is 164 g/mol. The maximum absolute atomic E-state index is 7.10. The summed E-state index contributed by atoms with van der Waals surface area (Å²) in [6.07, 6.45) is 2.50. The molecular formula is C2H4Ca2N4. The van der Waals surface area contributed by atoms with Gasteiger partial charge in [-0.25, -0.2) is 0 Å². The third-order valence-electron chi connectivity index (χ3n) is 0. The number of hydrogen-bond acceptors (Lipinski definition) is 4. The van der Waals surface area contributed by atoms with Gasteiger partial charge in [-0.15, -0.1) is 0 Å². The second-order valence-electron chi connectivity index (χ2n) is 0.258. The summed E-state index contributed by atoms with van der Waals surface area (Å²) in [5, 5.41) is 14.2. The molecule has 8 heavy (non-hydrogen) atoms. The molecule has 36 valence electrons. The van der Waals surface area contributed by atoms with Crippen molar-refractivity contribution in [2.24, 2.45) is 11.5 Å². The van der Waals surface area contributed by atoms with E-state index in [9.17, 15) is 0 Å². The Morgan fingerprint density at radius 1 is 0.875 bits per heavy atom. The summed E-state index contributed by atoms with van der Waals surface area (Å²) in [5.74, 6) is 0. The van der Waals surface area contributed by atoms with E-state index < -0.39 is 0 Å². The Bertz CT molecular complexity index is 67.0. The first-order valence-electron chi connectivity index (χ1n) is 1.02. The molecule has 0 saturated carbocycles. The maximum Gasteiger partial charge on any atom is 0.173 e. The maximum atomic E-state index is 7.10. The number of rotatable bonds is 0. The van der Waals surface area contributed by atoms with Crippen LogP contribution < -0.4 is 11.5 Å². The first-order valence-corrected chi connectivity index (χ1v) is 1.02. The number of nitrogens with two attached hydrogens (primary N) is 2. The third kappa shape index (κ3) is 218. The van der Waals surface area contributed by atoms with Crippen LogP contribution in [0.5, 0.6) is 0 Å². The second-order valence-corrected chi connectivity index (χ2v) is 0.258. The summed E-state index contributed by atoms with van der Waals surface area (Å²) in [4.78, 5) is 0. The third-order valence-corrected chi connectivity index (χ3v) is 0. The number of nitrogens with zero attached hydrogens (tertiary/aromatic N) is 2. The molecule has 0 aliphatic rings. The second kappa shape index (κ2) is 42.5. The van der Waals surface area contributed by atoms with E-state index in [1.54, 1.807) is 0 Å². The molecule has 4 N–H and O–H groups in total. The molecule has 0 amide bonds. The molecular weight excluding hydrogens is 160 g/mol. The van der Waals surface area contributed by atoms with Crippen LogP contribution in [0.15, 0.2) is 0 Å². The molecule has 0 bridgehead atoms. The molecule has 0 rings (SSSR count). The van der Waals surface area contributed by atoms with Crippen LogP contribution >= 0.6 is 0 Å². The van der Waals surface area contributed by atoms with E-state index >= 15 is 0 Å². The Morgan fingerprint density at radius 3 is 0.875 bits per heavy atom. The van der Waals surface area contributed by atoms with Gasteiger partial charge in [0, 0.05) is 75.5 Å². The Labute approximate surface area is 108 Å². The van der Waals surface area contributed by atoms with Crippen molar-refractivity contribution in [1.29, 1.82) is 10.5 Å². The van der Waals surface area contributed by atoms with Gasteiger partial charge in [-0.05, 0) is 0 Å². The monoisotopic (exact) mass is 164 g/mol. The number of hydrogen-bond donors (Lipinski definition) is 2. The van der Waals surface area contributed by atoms with E-state index in [4.69, 9.17) is 10.5 Å². The molecule has 4 nitrogen and oxygen atoms in total. The van der Waals surface area contributed by atoms with Gasteiger partial charge in [0.2, 0.25) is 0 Å². The molecule has 0 aromatic heterocycles. The molecule has 0 aromatic rings. The quantitative estimate of drug-likeness (QED) is 0.248. The smallest absolute Gasteiger partial charge is 0.173 e. The summed E-state index contributed by atoms with van der Waals surface area (Å²) < 4.78 is 0. The summed E-state index contributed by atoms with van der Waals surface area (Å²) in [6.45, 7) is 0. The molecule has 0 aliphatic heterocycles. The fraction of sp³-hybridized carbons (Fsp3) is 0. The van der Waals surface area contributed by atoms with Crippen LogP contribution in [0.4, 0.5) is 0 Å². The van der Waals surface area contributed by atoms with Crippen LogP contribution in [0, 0.1) is 22.9 Å². The van der Waals surface area contributed by atoms with Crippen molar-refractivity contribution in [2.75, 3.05) is 0 Å². The predicted molar refractivity (Wildman–Crippen MR) is 31.1 cm³/mol. The van der Waals surface area contributed by atoms with Crippen molar-refractivity contribution >= 4 is 75.5 Å². The van der Waals surface area contributed by atoms with Crippen LogP contribution in [0.25, 0.3) is 0 Å². The Hall–Kier alpha value is 1.10. The van der Waals surface area contributed by atoms with E-state index in [0.717, 1.165) is 0 Å². The van der Waals surface area contributed by atoms with Gasteiger partial charge < -0.3 is 11.5 Å². The van der Waals surface area contributed by atoms with Crippen molar-refractivity contribution in [2.45, 2.75) is 0 Å². The molecule has 0 saturated heterocycles. The topological polar surface area (TPSA) is 99.6 Å². The van der Waals surface area contributed by atoms with E-state index in [2.05, 4.69) is 11.5 Å². The van der Waals surface area contributed by atoms with Crippen molar-refractivity contribution < 1.29 is 0 Å². The van der Waals surface area contributed by atoms with E-state index in [1.165, 1.54) is 12.4 Å². The Balaban J connectivity index is -0.0000000160. The molecule has 0 fully saturated rings. The fourth-order valence-corrected chi connectivity index (χ4v) is 0. The van der Waals surface area contributed by atoms with Gasteiger partial charge in [0.15, 0.2) is 12.4 Å². The SMILES string of the molecule is N#CN.N#CN.[Ca].[Ca]. The summed E-state index contributed by atoms with van der Waals surface area (Å²) in [7, 11) is 0. The molecule has 0 spiro atoms. The molecule has 0 heterocycles. The van der Waals surface area contributed by atoms with Crippen LogP contribution in [-0.2, 0) is 0 Å². The van der Waals surface area contributed by atoms with Gasteiger partial charge >= 0.3 is 0 Å². The molecule has 0 atom stereocenters. The minimum absolute atomic E-state index is 0. The Morgan fingerprint density at radius 2 is 0.875 bits per heavy atom. The largest absolute Gasteiger partial charge is 0.337 e. The average Bonchev–Trinajstić information content (AvgIpc) is 1.39. The Kier molecular flexibility index (Phi) is 122. The molecule has 6 heteroatoms. The minimum atomic E-state index is 0. The molecule has 0 aromatic carbocycles. The van der Waals surface area contributed by atoms with Crippen molar-refractivity contribution in [3.05, 3.63) is 0 Å². The van der Waals surface area contributed by atoms with Crippen LogP contribution in [0.1, 0.15) is 0 Å². The zero-order valence-corrected chi connectivity index (χ0v) is 8.88. The van der Waals surface area contributed by atoms with Crippen LogP contribution in [-0.4, -0.2) is 75.5 Å². The zero-order valence-electron chi connectivity index (χ0n) is 4.46. The summed E-state index contributed by atoms with van der Waals surface area (Å²) >= 11 is 0. The van der Waals surface area contributed by atoms with Gasteiger partial charge in [0.05, 0.1) is 0 Å². The van der Waals surface area contributed by atoms with Gasteiger partial charge in [0.25, 0.3) is 0 Å². The molecule has 4 radical (unpaired) electrons. The van der Waals surface area contributed by atoms with Gasteiger partial charge in [-0.3, -0.25) is 0 Å². The van der Waals surface area contributed by atoms with Gasteiger partial charge in [0.1, 0.15) is 0 Å². The van der Waals surface area contributed by atoms with Gasteiger partial charge in [-0.1, -0.05) is 0 Å². The molecule has 0 unspecified atom stereocenters. The van der Waals surface area contributed by atoms with Crippen LogP contribution in [0.3, 0.4) is 0 Å². The minimum Gasteiger partial charge on any atom is -0.337 e. The molecule has 0 aliphatic carbocycles. The van der Waals surface area contributed by atoms with Crippen LogP contribution in [0.2, 0.25) is 0 Å². The fourth-order valence-electron chi connectivity index (χ4n) is 0. The zero-order chi connectivity index (χ0) is 5.41. The van der Waals surface area contributed by atoms with E-state index in [0.29, 0.717) is 0 Å². The summed E-state index contributed by atoms with van der Waals surface area (Å²) in [6, 6.07) is 0. The van der Waals surface area contributed by atoms with E-state index in [1.807, 2.05) is 0 Å². The van der Waals surface area contributed by atoms with Crippen molar-refractivity contribution in [3.63, 3.8) is 0 Å². The first-order chi connectivity index (χ1) is 2.83. The normalized spacial score (nSPS) is 1.75. The van der Waals surface area contributed by atoms with Gasteiger partial charge in [-0.2, -0.15) is 10.5 Å². The number of nitriles is 2. The van der Waals surface area contributed by atoms with Crippen molar-refractivity contribution in [3.8, 4) is 12.4 Å². The summed E-state index contributed by atoms with van der Waals surface area (Å²) in [5.41, 5.74) is 8.31. The standard InChI is InChI=1S/2CH2N2.2Ca/c2*2-1-3;;/h2*2H2;;. The van der Waals surface area contributed by atoms with E-state index in [-0.39, 0.29) is 75.5 Å².